The van der Waals surface area contributed by atoms with Gasteiger partial charge >= 0.3 is 6.18 Å². The van der Waals surface area contributed by atoms with Crippen LogP contribution in [0.3, 0.4) is 0 Å². The van der Waals surface area contributed by atoms with E-state index in [2.05, 4.69) is 5.10 Å². The largest absolute Gasteiger partial charge is 0.393 e. The second-order valence-corrected chi connectivity index (χ2v) is 5.89. The highest BCUT2D eigenvalue weighted by Gasteiger charge is 2.46. The van der Waals surface area contributed by atoms with Crippen molar-refractivity contribution < 1.29 is 18.0 Å². The van der Waals surface area contributed by atoms with Gasteiger partial charge in [0.05, 0.1) is 11.6 Å². The van der Waals surface area contributed by atoms with Crippen LogP contribution < -0.4 is 5.73 Å². The second kappa shape index (κ2) is 5.91. The third-order valence-corrected chi connectivity index (χ3v) is 4.46. The van der Waals surface area contributed by atoms with Gasteiger partial charge in [0, 0.05) is 24.8 Å². The predicted octanol–water partition coefficient (Wildman–Crippen LogP) is 1.55. The summed E-state index contributed by atoms with van der Waals surface area (Å²) in [5, 5.41) is 4.28. The van der Waals surface area contributed by atoms with Crippen molar-refractivity contribution in [3.63, 3.8) is 0 Å². The van der Waals surface area contributed by atoms with E-state index in [1.54, 1.807) is 4.68 Å². The molecule has 1 aliphatic rings. The third kappa shape index (κ3) is 3.26. The lowest BCUT2D eigenvalue weighted by Crippen LogP contribution is -2.55. The van der Waals surface area contributed by atoms with Crippen LogP contribution in [0.4, 0.5) is 13.2 Å². The number of amides is 1. The van der Waals surface area contributed by atoms with E-state index in [4.69, 9.17) is 5.73 Å². The Balaban J connectivity index is 2.01. The molecule has 1 amide bonds. The molecule has 2 N–H and O–H groups in total. The van der Waals surface area contributed by atoms with E-state index in [1.807, 2.05) is 20.8 Å². The number of hydrogen-bond donors (Lipinski definition) is 1. The van der Waals surface area contributed by atoms with Gasteiger partial charge in [-0.1, -0.05) is 0 Å². The fourth-order valence-corrected chi connectivity index (χ4v) is 2.78. The Morgan fingerprint density at radius 1 is 1.36 bits per heavy atom. The monoisotopic (exact) mass is 318 g/mol. The van der Waals surface area contributed by atoms with Crippen LogP contribution in [0.5, 0.6) is 0 Å². The van der Waals surface area contributed by atoms with Crippen molar-refractivity contribution in [3.8, 4) is 0 Å². The van der Waals surface area contributed by atoms with E-state index in [-0.39, 0.29) is 32.0 Å². The molecule has 2 rings (SSSR count). The molecule has 1 aromatic rings. The predicted molar refractivity (Wildman–Crippen MR) is 75.2 cm³/mol. The maximum Gasteiger partial charge on any atom is 0.393 e. The fourth-order valence-electron chi connectivity index (χ4n) is 2.78. The zero-order valence-corrected chi connectivity index (χ0v) is 12.9. The van der Waals surface area contributed by atoms with Crippen molar-refractivity contribution in [1.82, 2.24) is 14.7 Å². The average molecular weight is 318 g/mol. The number of rotatable bonds is 2. The van der Waals surface area contributed by atoms with Crippen molar-refractivity contribution in [2.24, 2.45) is 11.7 Å². The van der Waals surface area contributed by atoms with E-state index in [9.17, 15) is 18.0 Å². The molecule has 1 saturated heterocycles. The number of aromatic nitrogens is 2. The molecule has 0 radical (unpaired) electrons. The molecule has 22 heavy (non-hydrogen) atoms. The van der Waals surface area contributed by atoms with Crippen LogP contribution >= 0.6 is 0 Å². The van der Waals surface area contributed by atoms with Crippen molar-refractivity contribution in [2.45, 2.75) is 46.0 Å². The number of likely N-dealkylation sites (tertiary alicyclic amines) is 1. The minimum absolute atomic E-state index is 0.0317. The summed E-state index contributed by atoms with van der Waals surface area (Å²) in [5.41, 5.74) is 8.36. The lowest BCUT2D eigenvalue weighted by molar-refractivity contribution is -0.191. The molecule has 0 aromatic carbocycles. The van der Waals surface area contributed by atoms with Crippen LogP contribution in [0.1, 0.15) is 23.4 Å². The van der Waals surface area contributed by atoms with Gasteiger partial charge in [0.15, 0.2) is 0 Å². The van der Waals surface area contributed by atoms with Gasteiger partial charge in [-0.15, -0.1) is 0 Å². The minimum Gasteiger partial charge on any atom is -0.340 e. The van der Waals surface area contributed by atoms with E-state index < -0.39 is 18.1 Å². The molecule has 124 valence electrons. The van der Waals surface area contributed by atoms with Crippen molar-refractivity contribution in [2.75, 3.05) is 13.1 Å². The minimum atomic E-state index is -4.30. The lowest BCUT2D eigenvalue weighted by Gasteiger charge is -2.37. The van der Waals surface area contributed by atoms with Crippen LogP contribution in [0.15, 0.2) is 0 Å². The Kier molecular flexibility index (Phi) is 4.51. The highest BCUT2D eigenvalue weighted by molar-refractivity contribution is 5.76. The highest BCUT2D eigenvalue weighted by Crippen LogP contribution is 2.33. The van der Waals surface area contributed by atoms with E-state index in [0.29, 0.717) is 0 Å². The molecule has 2 atom stereocenters. The molecule has 2 unspecified atom stereocenters. The van der Waals surface area contributed by atoms with Gasteiger partial charge in [-0.05, 0) is 32.8 Å². The van der Waals surface area contributed by atoms with Gasteiger partial charge < -0.3 is 10.6 Å². The number of aryl methyl sites for hydroxylation is 1. The number of alkyl halides is 3. The third-order valence-electron chi connectivity index (χ3n) is 4.46. The summed E-state index contributed by atoms with van der Waals surface area (Å²) in [7, 11) is 0. The van der Waals surface area contributed by atoms with E-state index in [1.165, 1.54) is 4.90 Å². The molecule has 8 heteroatoms. The number of nitrogens with two attached hydrogens (primary N) is 1. The molecule has 0 aliphatic carbocycles. The first-order chi connectivity index (χ1) is 10.1. The first kappa shape index (κ1) is 16.8. The maximum absolute atomic E-state index is 12.8. The second-order valence-electron chi connectivity index (χ2n) is 5.89. The van der Waals surface area contributed by atoms with Gasteiger partial charge in [-0.25, -0.2) is 0 Å². The molecule has 1 fully saturated rings. The molecular weight excluding hydrogens is 297 g/mol. The summed E-state index contributed by atoms with van der Waals surface area (Å²) < 4.78 is 39.9. The topological polar surface area (TPSA) is 64.2 Å². The van der Waals surface area contributed by atoms with E-state index in [0.717, 1.165) is 17.0 Å². The molecule has 0 bridgehead atoms. The molecule has 0 spiro atoms. The van der Waals surface area contributed by atoms with E-state index >= 15 is 0 Å². The zero-order valence-electron chi connectivity index (χ0n) is 12.9. The Hall–Kier alpha value is -1.57. The normalized spacial score (nSPS) is 23.0. The molecule has 2 heterocycles. The SMILES string of the molecule is Cc1nn(CC(=O)N2CCC(C(F)(F)F)C(N)C2)c(C)c1C. The zero-order chi connectivity index (χ0) is 16.7. The van der Waals surface area contributed by atoms with Crippen LogP contribution in [-0.2, 0) is 11.3 Å². The molecule has 1 aliphatic heterocycles. The van der Waals surface area contributed by atoms with Crippen molar-refractivity contribution in [1.29, 1.82) is 0 Å². The van der Waals surface area contributed by atoms with Crippen LogP contribution in [0.25, 0.3) is 0 Å². The van der Waals surface area contributed by atoms with Gasteiger partial charge in [0.25, 0.3) is 0 Å². The Morgan fingerprint density at radius 2 is 2.00 bits per heavy atom. The van der Waals surface area contributed by atoms with Crippen molar-refractivity contribution >= 4 is 5.91 Å². The summed E-state index contributed by atoms with van der Waals surface area (Å²) in [4.78, 5) is 13.7. The first-order valence-electron chi connectivity index (χ1n) is 7.22. The Labute approximate surface area is 127 Å². The average Bonchev–Trinajstić information content (AvgIpc) is 2.64. The quantitative estimate of drug-likeness (QED) is 0.900. The summed E-state index contributed by atoms with van der Waals surface area (Å²) in [5.74, 6) is -1.78. The fraction of sp³-hybridized carbons (Fsp3) is 0.714. The summed E-state index contributed by atoms with van der Waals surface area (Å²) in [6.45, 7) is 5.68. The summed E-state index contributed by atoms with van der Waals surface area (Å²) >= 11 is 0. The van der Waals surface area contributed by atoms with Crippen LogP contribution in [-0.4, -0.2) is 45.9 Å². The number of carbonyl (C=O) groups excluding carboxylic acids is 1. The van der Waals surface area contributed by atoms with Crippen molar-refractivity contribution in [3.05, 3.63) is 17.0 Å². The maximum atomic E-state index is 12.8. The van der Waals surface area contributed by atoms with Crippen LogP contribution in [0, 0.1) is 26.7 Å². The van der Waals surface area contributed by atoms with Gasteiger partial charge in [-0.2, -0.15) is 18.3 Å². The summed E-state index contributed by atoms with van der Waals surface area (Å²) in [6.07, 6.45) is -4.45. The van der Waals surface area contributed by atoms with Crippen LogP contribution in [0.2, 0.25) is 0 Å². The highest BCUT2D eigenvalue weighted by atomic mass is 19.4. The van der Waals surface area contributed by atoms with Gasteiger partial charge in [0.2, 0.25) is 5.91 Å². The summed E-state index contributed by atoms with van der Waals surface area (Å²) in [6, 6.07) is -1.07. The number of piperidine rings is 1. The molecule has 1 aromatic heterocycles. The molecular formula is C14H21F3N4O. The smallest absolute Gasteiger partial charge is 0.340 e. The van der Waals surface area contributed by atoms with Gasteiger partial charge in [0.1, 0.15) is 6.54 Å². The van der Waals surface area contributed by atoms with Gasteiger partial charge in [-0.3, -0.25) is 9.48 Å². The molecule has 5 nitrogen and oxygen atoms in total. The number of hydrogen-bond acceptors (Lipinski definition) is 3. The molecule has 0 saturated carbocycles. The number of halogens is 3. The number of carbonyl (C=O) groups is 1. The first-order valence-corrected chi connectivity index (χ1v) is 7.22. The number of nitrogens with zero attached hydrogens (tertiary/aromatic N) is 3. The Morgan fingerprint density at radius 3 is 2.45 bits per heavy atom. The Bertz CT molecular complexity index is 567. The lowest BCUT2D eigenvalue weighted by atomic mass is 9.91. The standard InChI is InChI=1S/C14H21F3N4O/c1-8-9(2)19-21(10(8)3)7-13(22)20-5-4-11(12(18)6-20)14(15,16)17/h11-12H,4-7,18H2,1-3H3.